The molecule has 1 rings (SSSR count). The van der Waals surface area contributed by atoms with Gasteiger partial charge in [-0.1, -0.05) is 11.6 Å². The van der Waals surface area contributed by atoms with Gasteiger partial charge in [0.2, 0.25) is 0 Å². The molecule has 0 radical (unpaired) electrons. The average Bonchev–Trinajstić information content (AvgIpc) is 2.20. The molecule has 84 valence electrons. The first-order chi connectivity index (χ1) is 7.11. The van der Waals surface area contributed by atoms with Crippen LogP contribution in [0.15, 0.2) is 18.3 Å². The number of aromatic nitrogens is 1. The third-order valence-corrected chi connectivity index (χ3v) is 2.70. The van der Waals surface area contributed by atoms with Gasteiger partial charge in [0.15, 0.2) is 0 Å². The molecular formula is C11H18ClN3. The Morgan fingerprint density at radius 3 is 2.87 bits per heavy atom. The quantitative estimate of drug-likeness (QED) is 0.838. The van der Waals surface area contributed by atoms with Gasteiger partial charge in [-0.3, -0.25) is 0 Å². The zero-order valence-corrected chi connectivity index (χ0v) is 10.3. The summed E-state index contributed by atoms with van der Waals surface area (Å²) in [7, 11) is 2.10. The van der Waals surface area contributed by atoms with Crippen LogP contribution in [0.5, 0.6) is 0 Å². The number of rotatable bonds is 5. The molecule has 0 aliphatic rings. The Labute approximate surface area is 96.5 Å². The standard InChI is InChI=1S/C11H18ClN3/c1-9(2)15(3)8-7-14-11-10(12)5-4-6-13-11/h4-6,9H,7-8H2,1-3H3,(H,13,14). The lowest BCUT2D eigenvalue weighted by Crippen LogP contribution is -2.31. The lowest BCUT2D eigenvalue weighted by atomic mass is 10.3. The zero-order chi connectivity index (χ0) is 11.3. The van der Waals surface area contributed by atoms with Crippen molar-refractivity contribution in [3.63, 3.8) is 0 Å². The second kappa shape index (κ2) is 5.93. The summed E-state index contributed by atoms with van der Waals surface area (Å²) in [5.74, 6) is 0.760. The highest BCUT2D eigenvalue weighted by molar-refractivity contribution is 6.32. The predicted molar refractivity (Wildman–Crippen MR) is 65.5 cm³/mol. The molecule has 0 spiro atoms. The molecule has 1 aromatic rings. The Morgan fingerprint density at radius 1 is 1.53 bits per heavy atom. The molecule has 0 unspecified atom stereocenters. The molecule has 0 aromatic carbocycles. The van der Waals surface area contributed by atoms with Crippen molar-refractivity contribution >= 4 is 17.4 Å². The Kier molecular flexibility index (Phi) is 4.85. The Bertz CT molecular complexity index is 302. The first-order valence-electron chi connectivity index (χ1n) is 5.16. The van der Waals surface area contributed by atoms with Crippen LogP contribution >= 0.6 is 11.6 Å². The highest BCUT2D eigenvalue weighted by atomic mass is 35.5. The van der Waals surface area contributed by atoms with E-state index in [0.29, 0.717) is 11.1 Å². The highest BCUT2D eigenvalue weighted by Crippen LogP contribution is 2.16. The van der Waals surface area contributed by atoms with E-state index in [1.165, 1.54) is 0 Å². The molecule has 0 aliphatic carbocycles. The molecule has 0 atom stereocenters. The van der Waals surface area contributed by atoms with Crippen LogP contribution < -0.4 is 5.32 Å². The van der Waals surface area contributed by atoms with Crippen LogP contribution in [0.1, 0.15) is 13.8 Å². The van der Waals surface area contributed by atoms with E-state index in [0.717, 1.165) is 18.9 Å². The number of nitrogens with one attached hydrogen (secondary N) is 1. The number of pyridine rings is 1. The van der Waals surface area contributed by atoms with Crippen LogP contribution in [0.3, 0.4) is 0 Å². The normalized spacial score (nSPS) is 11.1. The number of hydrogen-bond donors (Lipinski definition) is 1. The predicted octanol–water partition coefficient (Wildman–Crippen LogP) is 2.49. The molecule has 3 nitrogen and oxygen atoms in total. The summed E-state index contributed by atoms with van der Waals surface area (Å²) in [6, 6.07) is 4.22. The Morgan fingerprint density at radius 2 is 2.27 bits per heavy atom. The van der Waals surface area contributed by atoms with Gasteiger partial charge in [0.1, 0.15) is 5.82 Å². The summed E-state index contributed by atoms with van der Waals surface area (Å²) in [4.78, 5) is 6.43. The molecule has 0 amide bonds. The third-order valence-electron chi connectivity index (χ3n) is 2.40. The monoisotopic (exact) mass is 227 g/mol. The van der Waals surface area contributed by atoms with E-state index in [9.17, 15) is 0 Å². The van der Waals surface area contributed by atoms with Gasteiger partial charge in [0.05, 0.1) is 5.02 Å². The van der Waals surface area contributed by atoms with Gasteiger partial charge in [0, 0.05) is 25.3 Å². The smallest absolute Gasteiger partial charge is 0.144 e. The van der Waals surface area contributed by atoms with E-state index < -0.39 is 0 Å². The second-order valence-electron chi connectivity index (χ2n) is 3.83. The van der Waals surface area contributed by atoms with Gasteiger partial charge in [0.25, 0.3) is 0 Å². The van der Waals surface area contributed by atoms with E-state index >= 15 is 0 Å². The van der Waals surface area contributed by atoms with Crippen molar-refractivity contribution in [2.24, 2.45) is 0 Å². The van der Waals surface area contributed by atoms with E-state index in [1.54, 1.807) is 6.20 Å². The molecule has 1 N–H and O–H groups in total. The molecule has 0 fully saturated rings. The fourth-order valence-electron chi connectivity index (χ4n) is 1.12. The molecule has 0 aliphatic heterocycles. The topological polar surface area (TPSA) is 28.2 Å². The SMILES string of the molecule is CC(C)N(C)CCNc1ncccc1Cl. The first kappa shape index (κ1) is 12.3. The lowest BCUT2D eigenvalue weighted by molar-refractivity contribution is 0.284. The summed E-state index contributed by atoms with van der Waals surface area (Å²) in [6.07, 6.45) is 1.74. The lowest BCUT2D eigenvalue weighted by Gasteiger charge is -2.21. The number of likely N-dealkylation sites (N-methyl/N-ethyl adjacent to an activating group) is 1. The molecule has 0 saturated heterocycles. The van der Waals surface area contributed by atoms with Crippen molar-refractivity contribution in [2.45, 2.75) is 19.9 Å². The Balaban J connectivity index is 2.35. The molecule has 15 heavy (non-hydrogen) atoms. The molecular weight excluding hydrogens is 210 g/mol. The fourth-order valence-corrected chi connectivity index (χ4v) is 1.31. The number of hydrogen-bond acceptors (Lipinski definition) is 3. The van der Waals surface area contributed by atoms with Crippen molar-refractivity contribution < 1.29 is 0 Å². The second-order valence-corrected chi connectivity index (χ2v) is 4.24. The van der Waals surface area contributed by atoms with Gasteiger partial charge < -0.3 is 10.2 Å². The minimum Gasteiger partial charge on any atom is -0.368 e. The number of halogens is 1. The van der Waals surface area contributed by atoms with Crippen molar-refractivity contribution in [1.82, 2.24) is 9.88 Å². The van der Waals surface area contributed by atoms with E-state index in [1.807, 2.05) is 12.1 Å². The minimum absolute atomic E-state index is 0.561. The number of anilines is 1. The molecule has 4 heteroatoms. The maximum atomic E-state index is 5.96. The van der Waals surface area contributed by atoms with Gasteiger partial charge in [-0.05, 0) is 33.0 Å². The van der Waals surface area contributed by atoms with Crippen molar-refractivity contribution in [2.75, 3.05) is 25.5 Å². The van der Waals surface area contributed by atoms with Crippen LogP contribution in [-0.4, -0.2) is 36.1 Å². The van der Waals surface area contributed by atoms with Crippen molar-refractivity contribution in [3.05, 3.63) is 23.4 Å². The molecule has 0 bridgehead atoms. The maximum Gasteiger partial charge on any atom is 0.144 e. The summed E-state index contributed by atoms with van der Waals surface area (Å²) in [6.45, 7) is 6.18. The summed E-state index contributed by atoms with van der Waals surface area (Å²) in [5.41, 5.74) is 0. The third kappa shape index (κ3) is 4.06. The van der Waals surface area contributed by atoms with Gasteiger partial charge in [-0.15, -0.1) is 0 Å². The van der Waals surface area contributed by atoms with Crippen LogP contribution in [-0.2, 0) is 0 Å². The largest absolute Gasteiger partial charge is 0.368 e. The van der Waals surface area contributed by atoms with E-state index in [4.69, 9.17) is 11.6 Å². The van der Waals surface area contributed by atoms with Crippen molar-refractivity contribution in [3.8, 4) is 0 Å². The highest BCUT2D eigenvalue weighted by Gasteiger charge is 2.03. The van der Waals surface area contributed by atoms with Crippen molar-refractivity contribution in [1.29, 1.82) is 0 Å². The van der Waals surface area contributed by atoms with Crippen LogP contribution in [0.2, 0.25) is 5.02 Å². The Hall–Kier alpha value is -0.800. The summed E-state index contributed by atoms with van der Waals surface area (Å²) in [5, 5.41) is 3.88. The molecule has 0 saturated carbocycles. The molecule has 1 aromatic heterocycles. The molecule has 1 heterocycles. The van der Waals surface area contributed by atoms with Crippen LogP contribution in [0.25, 0.3) is 0 Å². The maximum absolute atomic E-state index is 5.96. The van der Waals surface area contributed by atoms with Gasteiger partial charge >= 0.3 is 0 Å². The summed E-state index contributed by atoms with van der Waals surface area (Å²) >= 11 is 5.96. The fraction of sp³-hybridized carbons (Fsp3) is 0.545. The minimum atomic E-state index is 0.561. The first-order valence-corrected chi connectivity index (χ1v) is 5.53. The summed E-state index contributed by atoms with van der Waals surface area (Å²) < 4.78 is 0. The number of nitrogens with zero attached hydrogens (tertiary/aromatic N) is 2. The van der Waals surface area contributed by atoms with E-state index in [2.05, 4.69) is 36.1 Å². The van der Waals surface area contributed by atoms with E-state index in [-0.39, 0.29) is 0 Å². The average molecular weight is 228 g/mol. The van der Waals surface area contributed by atoms with Gasteiger partial charge in [-0.2, -0.15) is 0 Å². The zero-order valence-electron chi connectivity index (χ0n) is 9.50. The van der Waals surface area contributed by atoms with Crippen LogP contribution in [0.4, 0.5) is 5.82 Å². The van der Waals surface area contributed by atoms with Gasteiger partial charge in [-0.25, -0.2) is 4.98 Å². The van der Waals surface area contributed by atoms with Crippen LogP contribution in [0, 0.1) is 0 Å².